The van der Waals surface area contributed by atoms with Crippen LogP contribution in [-0.2, 0) is 11.3 Å². The average Bonchev–Trinajstić information content (AvgIpc) is 3.41. The number of carbonyl (C=O) groups is 1. The molecule has 1 atom stereocenters. The quantitative estimate of drug-likeness (QED) is 0.362. The van der Waals surface area contributed by atoms with Gasteiger partial charge in [-0.15, -0.1) is 24.0 Å². The van der Waals surface area contributed by atoms with Gasteiger partial charge in [-0.1, -0.05) is 30.3 Å². The number of halogens is 1. The van der Waals surface area contributed by atoms with Gasteiger partial charge < -0.3 is 20.4 Å². The third-order valence-electron chi connectivity index (χ3n) is 5.66. The lowest BCUT2D eigenvalue weighted by molar-refractivity contribution is -0.117. The van der Waals surface area contributed by atoms with E-state index in [1.165, 1.54) is 11.3 Å². The van der Waals surface area contributed by atoms with Crippen LogP contribution in [0.1, 0.15) is 24.8 Å². The Hall–Kier alpha value is -2.29. The molecule has 7 heteroatoms. The van der Waals surface area contributed by atoms with Gasteiger partial charge in [0.25, 0.3) is 0 Å². The minimum Gasteiger partial charge on any atom is -0.369 e. The second-order valence-corrected chi connectivity index (χ2v) is 7.65. The molecule has 0 spiro atoms. The van der Waals surface area contributed by atoms with Crippen LogP contribution in [0.4, 0.5) is 11.4 Å². The third-order valence-corrected chi connectivity index (χ3v) is 5.66. The van der Waals surface area contributed by atoms with Crippen LogP contribution in [0.3, 0.4) is 0 Å². The molecule has 0 saturated carbocycles. The summed E-state index contributed by atoms with van der Waals surface area (Å²) in [5.41, 5.74) is 3.43. The molecule has 6 nitrogen and oxygen atoms in total. The van der Waals surface area contributed by atoms with Crippen molar-refractivity contribution in [2.75, 3.05) is 36.5 Å². The van der Waals surface area contributed by atoms with Gasteiger partial charge in [-0.05, 0) is 42.7 Å². The minimum absolute atomic E-state index is 0. The Balaban J connectivity index is 0.00000256. The summed E-state index contributed by atoms with van der Waals surface area (Å²) >= 11 is 0. The second-order valence-electron chi connectivity index (χ2n) is 7.65. The highest BCUT2D eigenvalue weighted by Gasteiger charge is 2.23. The molecule has 0 radical (unpaired) electrons. The molecule has 0 bridgehead atoms. The lowest BCUT2D eigenvalue weighted by Crippen LogP contribution is -2.44. The molecule has 0 aromatic heterocycles. The Morgan fingerprint density at radius 3 is 2.50 bits per heavy atom. The van der Waals surface area contributed by atoms with Crippen molar-refractivity contribution in [3.63, 3.8) is 0 Å². The molecule has 2 fully saturated rings. The van der Waals surface area contributed by atoms with Crippen molar-refractivity contribution in [2.24, 2.45) is 4.99 Å². The number of para-hydroxylation sites is 1. The molecule has 160 valence electrons. The number of anilines is 2. The molecule has 2 aliphatic rings. The minimum atomic E-state index is 0. The monoisotopic (exact) mass is 519 g/mol. The maximum absolute atomic E-state index is 11.9. The fourth-order valence-corrected chi connectivity index (χ4v) is 4.04. The molecular weight excluding hydrogens is 489 g/mol. The number of hydrogen-bond acceptors (Lipinski definition) is 3. The van der Waals surface area contributed by atoms with Crippen molar-refractivity contribution in [3.05, 3.63) is 60.2 Å². The van der Waals surface area contributed by atoms with E-state index in [0.717, 1.165) is 44.1 Å². The van der Waals surface area contributed by atoms with Gasteiger partial charge in [-0.25, -0.2) is 0 Å². The Labute approximate surface area is 195 Å². The lowest BCUT2D eigenvalue weighted by atomic mass is 10.2. The topological polar surface area (TPSA) is 60.0 Å². The van der Waals surface area contributed by atoms with Crippen LogP contribution in [0, 0.1) is 0 Å². The molecule has 30 heavy (non-hydrogen) atoms. The van der Waals surface area contributed by atoms with E-state index in [0.29, 0.717) is 19.0 Å². The first-order valence-corrected chi connectivity index (χ1v) is 10.4. The zero-order valence-corrected chi connectivity index (χ0v) is 19.7. The predicted octanol–water partition coefficient (Wildman–Crippen LogP) is 3.38. The van der Waals surface area contributed by atoms with Crippen LogP contribution in [0.5, 0.6) is 0 Å². The predicted molar refractivity (Wildman–Crippen MR) is 134 cm³/mol. The summed E-state index contributed by atoms with van der Waals surface area (Å²) in [5, 5.41) is 6.95. The van der Waals surface area contributed by atoms with Gasteiger partial charge in [0.2, 0.25) is 5.91 Å². The van der Waals surface area contributed by atoms with Gasteiger partial charge in [0.05, 0.1) is 0 Å². The number of hydrogen-bond donors (Lipinski definition) is 2. The molecule has 1 amide bonds. The molecule has 4 rings (SSSR count). The number of guanidine groups is 1. The van der Waals surface area contributed by atoms with Gasteiger partial charge in [0.1, 0.15) is 0 Å². The van der Waals surface area contributed by atoms with Gasteiger partial charge in [-0.2, -0.15) is 0 Å². The summed E-state index contributed by atoms with van der Waals surface area (Å²) in [4.78, 5) is 20.5. The molecule has 2 aliphatic heterocycles. The van der Waals surface area contributed by atoms with Crippen molar-refractivity contribution in [2.45, 2.75) is 31.8 Å². The van der Waals surface area contributed by atoms with E-state index in [-0.39, 0.29) is 29.9 Å². The molecule has 1 unspecified atom stereocenters. The summed E-state index contributed by atoms with van der Waals surface area (Å²) in [7, 11) is 1.81. The first-order valence-electron chi connectivity index (χ1n) is 10.4. The molecule has 2 saturated heterocycles. The first-order chi connectivity index (χ1) is 14.2. The van der Waals surface area contributed by atoms with Crippen LogP contribution < -0.4 is 20.4 Å². The molecule has 0 aliphatic carbocycles. The van der Waals surface area contributed by atoms with Crippen LogP contribution in [0.15, 0.2) is 59.6 Å². The Kier molecular flexibility index (Phi) is 7.95. The van der Waals surface area contributed by atoms with Crippen LogP contribution in [0.25, 0.3) is 0 Å². The summed E-state index contributed by atoms with van der Waals surface area (Å²) in [5.74, 6) is 1.05. The summed E-state index contributed by atoms with van der Waals surface area (Å²) in [6.07, 6.45) is 2.70. The van der Waals surface area contributed by atoms with Crippen molar-refractivity contribution < 1.29 is 4.79 Å². The number of rotatable bonds is 5. The molecular formula is C23H30IN5O. The normalized spacial score (nSPS) is 19.0. The van der Waals surface area contributed by atoms with Crippen molar-refractivity contribution >= 4 is 47.2 Å². The molecule has 2 aromatic rings. The smallest absolute Gasteiger partial charge is 0.227 e. The SMILES string of the molecule is CN=C(NCc1ccc(N2CCCC2=O)cc1)NC1CCN(c2ccccc2)C1.I. The van der Waals surface area contributed by atoms with Gasteiger partial charge in [-0.3, -0.25) is 9.79 Å². The van der Waals surface area contributed by atoms with E-state index >= 15 is 0 Å². The fourth-order valence-electron chi connectivity index (χ4n) is 4.04. The lowest BCUT2D eigenvalue weighted by Gasteiger charge is -2.20. The number of nitrogens with one attached hydrogen (secondary N) is 2. The van der Waals surface area contributed by atoms with E-state index in [4.69, 9.17) is 0 Å². The zero-order valence-electron chi connectivity index (χ0n) is 17.4. The largest absolute Gasteiger partial charge is 0.369 e. The van der Waals surface area contributed by atoms with Gasteiger partial charge >= 0.3 is 0 Å². The first kappa shape index (κ1) is 22.4. The van der Waals surface area contributed by atoms with E-state index in [9.17, 15) is 4.79 Å². The zero-order chi connectivity index (χ0) is 20.1. The van der Waals surface area contributed by atoms with Crippen molar-refractivity contribution in [1.82, 2.24) is 10.6 Å². The summed E-state index contributed by atoms with van der Waals surface area (Å²) < 4.78 is 0. The van der Waals surface area contributed by atoms with E-state index < -0.39 is 0 Å². The second kappa shape index (κ2) is 10.7. The van der Waals surface area contributed by atoms with Crippen molar-refractivity contribution in [1.29, 1.82) is 0 Å². The number of benzene rings is 2. The fraction of sp³-hybridized carbons (Fsp3) is 0.391. The highest BCUT2D eigenvalue weighted by atomic mass is 127. The number of amides is 1. The van der Waals surface area contributed by atoms with Crippen LogP contribution in [0.2, 0.25) is 0 Å². The van der Waals surface area contributed by atoms with Gasteiger partial charge in [0.15, 0.2) is 5.96 Å². The number of aliphatic imine (C=N–C) groups is 1. The highest BCUT2D eigenvalue weighted by Crippen LogP contribution is 2.22. The Bertz CT molecular complexity index is 856. The van der Waals surface area contributed by atoms with Gasteiger partial charge in [0, 0.05) is 57.1 Å². The summed E-state index contributed by atoms with van der Waals surface area (Å²) in [6, 6.07) is 19.1. The standard InChI is InChI=1S/C23H29N5O.HI/c1-24-23(26-19-13-15-27(17-19)20-6-3-2-4-7-20)25-16-18-9-11-21(12-10-18)28-14-5-8-22(28)29;/h2-4,6-7,9-12,19H,5,8,13-17H2,1H3,(H2,24,25,26);1H. The number of nitrogens with zero attached hydrogens (tertiary/aromatic N) is 3. The van der Waals surface area contributed by atoms with Crippen molar-refractivity contribution in [3.8, 4) is 0 Å². The average molecular weight is 519 g/mol. The van der Waals surface area contributed by atoms with E-state index in [1.807, 2.05) is 17.0 Å². The summed E-state index contributed by atoms with van der Waals surface area (Å²) in [6.45, 7) is 3.55. The Morgan fingerprint density at radius 1 is 1.07 bits per heavy atom. The Morgan fingerprint density at radius 2 is 1.83 bits per heavy atom. The molecule has 2 aromatic carbocycles. The molecule has 2 N–H and O–H groups in total. The van der Waals surface area contributed by atoms with E-state index in [2.05, 4.69) is 63.0 Å². The number of carbonyl (C=O) groups excluding carboxylic acids is 1. The van der Waals surface area contributed by atoms with Crippen LogP contribution in [-0.4, -0.2) is 44.6 Å². The van der Waals surface area contributed by atoms with Crippen LogP contribution >= 0.6 is 24.0 Å². The van der Waals surface area contributed by atoms with E-state index in [1.54, 1.807) is 7.05 Å². The molecule has 2 heterocycles. The third kappa shape index (κ3) is 5.44. The maximum atomic E-state index is 11.9. The highest BCUT2D eigenvalue weighted by molar-refractivity contribution is 14.0. The maximum Gasteiger partial charge on any atom is 0.227 e.